The van der Waals surface area contributed by atoms with Crippen molar-refractivity contribution in [1.82, 2.24) is 4.90 Å². The van der Waals surface area contributed by atoms with Crippen molar-refractivity contribution in [3.63, 3.8) is 0 Å². The second-order valence-electron chi connectivity index (χ2n) is 9.91. The van der Waals surface area contributed by atoms with Crippen LogP contribution in [-0.2, 0) is 31.7 Å². The lowest BCUT2D eigenvalue weighted by Crippen LogP contribution is -2.54. The molecule has 2 saturated heterocycles. The summed E-state index contributed by atoms with van der Waals surface area (Å²) < 4.78 is 117. The van der Waals surface area contributed by atoms with Crippen molar-refractivity contribution in [2.45, 2.75) is 50.1 Å². The SMILES string of the molecule is C[C@@H](O[C@H]1OCC[C@@H](C2CS(=O)(=O)CCN2C)[C@@H]1c1ccccc1)c1cc(C(F)(F)F)cc(C(F)(F)F)c1. The van der Waals surface area contributed by atoms with Gasteiger partial charge in [0.2, 0.25) is 0 Å². The van der Waals surface area contributed by atoms with Gasteiger partial charge in [-0.1, -0.05) is 30.3 Å². The van der Waals surface area contributed by atoms with Gasteiger partial charge < -0.3 is 14.4 Å². The highest BCUT2D eigenvalue weighted by Gasteiger charge is 2.45. The number of hydrogen-bond acceptors (Lipinski definition) is 5. The van der Waals surface area contributed by atoms with Crippen molar-refractivity contribution in [2.75, 3.05) is 31.7 Å². The summed E-state index contributed by atoms with van der Waals surface area (Å²) in [5.74, 6) is -0.744. The fourth-order valence-corrected chi connectivity index (χ4v) is 7.06. The highest BCUT2D eigenvalue weighted by atomic mass is 32.2. The molecule has 5 nitrogen and oxygen atoms in total. The fraction of sp³-hybridized carbons (Fsp3) is 0.538. The van der Waals surface area contributed by atoms with E-state index in [0.717, 1.165) is 5.56 Å². The number of halogens is 6. The first-order valence-electron chi connectivity index (χ1n) is 12.2. The van der Waals surface area contributed by atoms with Crippen LogP contribution in [0.2, 0.25) is 0 Å². The summed E-state index contributed by atoms with van der Waals surface area (Å²) in [5.41, 5.74) is -2.35. The molecule has 2 aliphatic heterocycles. The van der Waals surface area contributed by atoms with Gasteiger partial charge >= 0.3 is 12.4 Å². The third-order valence-electron chi connectivity index (χ3n) is 7.33. The van der Waals surface area contributed by atoms with E-state index in [1.54, 1.807) is 18.2 Å². The monoisotopic (exact) mass is 565 g/mol. The Bertz CT molecular complexity index is 1190. The van der Waals surface area contributed by atoms with Crippen LogP contribution in [0.4, 0.5) is 26.3 Å². The molecule has 0 bridgehead atoms. The van der Waals surface area contributed by atoms with Crippen LogP contribution in [0.3, 0.4) is 0 Å². The van der Waals surface area contributed by atoms with Gasteiger partial charge in [-0.05, 0) is 55.6 Å². The smallest absolute Gasteiger partial charge is 0.352 e. The Morgan fingerprint density at radius 3 is 2.18 bits per heavy atom. The first-order valence-corrected chi connectivity index (χ1v) is 14.0. The van der Waals surface area contributed by atoms with Gasteiger partial charge in [-0.15, -0.1) is 0 Å². The molecular formula is C26H29F6NO4S. The van der Waals surface area contributed by atoms with Gasteiger partial charge in [0, 0.05) is 18.5 Å². The summed E-state index contributed by atoms with van der Waals surface area (Å²) in [7, 11) is -1.43. The van der Waals surface area contributed by atoms with Crippen molar-refractivity contribution in [3.8, 4) is 0 Å². The number of alkyl halides is 6. The Balaban J connectivity index is 1.69. The molecule has 2 aromatic carbocycles. The lowest BCUT2D eigenvalue weighted by Gasteiger charge is -2.46. The van der Waals surface area contributed by atoms with E-state index in [0.29, 0.717) is 25.1 Å². The maximum Gasteiger partial charge on any atom is 0.416 e. The van der Waals surface area contributed by atoms with Gasteiger partial charge in [0.05, 0.1) is 35.3 Å². The average molecular weight is 566 g/mol. The van der Waals surface area contributed by atoms with E-state index in [4.69, 9.17) is 9.47 Å². The highest BCUT2D eigenvalue weighted by molar-refractivity contribution is 7.91. The largest absolute Gasteiger partial charge is 0.416 e. The molecule has 0 spiro atoms. The molecule has 5 atom stereocenters. The molecule has 4 rings (SSSR count). The van der Waals surface area contributed by atoms with E-state index >= 15 is 0 Å². The Kier molecular flexibility index (Phi) is 8.19. The van der Waals surface area contributed by atoms with Gasteiger partial charge in [-0.3, -0.25) is 0 Å². The van der Waals surface area contributed by atoms with E-state index < -0.39 is 51.6 Å². The van der Waals surface area contributed by atoms with Crippen LogP contribution >= 0.6 is 0 Å². The molecule has 0 amide bonds. The molecule has 0 N–H and O–H groups in total. The lowest BCUT2D eigenvalue weighted by atomic mass is 9.77. The third-order valence-corrected chi connectivity index (χ3v) is 8.98. The van der Waals surface area contributed by atoms with E-state index in [2.05, 4.69) is 0 Å². The molecule has 2 fully saturated rings. The predicted octanol–water partition coefficient (Wildman–Crippen LogP) is 5.68. The highest BCUT2D eigenvalue weighted by Crippen LogP contribution is 2.43. The molecule has 2 heterocycles. The first kappa shape index (κ1) is 28.8. The molecule has 0 radical (unpaired) electrons. The molecule has 38 heavy (non-hydrogen) atoms. The number of hydrogen-bond donors (Lipinski definition) is 0. The topological polar surface area (TPSA) is 55.8 Å². The van der Waals surface area contributed by atoms with Crippen molar-refractivity contribution in [3.05, 3.63) is 70.8 Å². The van der Waals surface area contributed by atoms with E-state index in [1.807, 2.05) is 24.1 Å². The summed E-state index contributed by atoms with van der Waals surface area (Å²) in [6, 6.07) is 10.1. The zero-order valence-corrected chi connectivity index (χ0v) is 21.6. The molecule has 2 aliphatic rings. The van der Waals surface area contributed by atoms with Crippen molar-refractivity contribution in [1.29, 1.82) is 0 Å². The Morgan fingerprint density at radius 1 is 1.00 bits per heavy atom. The summed E-state index contributed by atoms with van der Waals surface area (Å²) >= 11 is 0. The summed E-state index contributed by atoms with van der Waals surface area (Å²) in [5, 5.41) is 0. The van der Waals surface area contributed by atoms with Gasteiger partial charge in [-0.25, -0.2) is 8.42 Å². The second kappa shape index (κ2) is 10.8. The summed E-state index contributed by atoms with van der Waals surface area (Å²) in [6.07, 6.45) is -11.6. The van der Waals surface area contributed by atoms with E-state index in [-0.39, 0.29) is 41.7 Å². The zero-order chi connectivity index (χ0) is 27.9. The van der Waals surface area contributed by atoms with E-state index in [1.165, 1.54) is 6.92 Å². The summed E-state index contributed by atoms with van der Waals surface area (Å²) in [4.78, 5) is 1.98. The minimum Gasteiger partial charge on any atom is -0.352 e. The molecule has 0 aliphatic carbocycles. The minimum absolute atomic E-state index is 0.0489. The Morgan fingerprint density at radius 2 is 1.61 bits per heavy atom. The molecule has 12 heteroatoms. The lowest BCUT2D eigenvalue weighted by molar-refractivity contribution is -0.213. The average Bonchev–Trinajstić information content (AvgIpc) is 2.84. The number of ether oxygens (including phenoxy) is 2. The van der Waals surface area contributed by atoms with Gasteiger partial charge in [0.25, 0.3) is 0 Å². The quantitative estimate of drug-likeness (QED) is 0.437. The van der Waals surface area contributed by atoms with Crippen LogP contribution < -0.4 is 0 Å². The second-order valence-corrected chi connectivity index (χ2v) is 12.1. The van der Waals surface area contributed by atoms with Gasteiger partial charge in [-0.2, -0.15) is 26.3 Å². The first-order chi connectivity index (χ1) is 17.7. The number of benzene rings is 2. The van der Waals surface area contributed by atoms with Crippen molar-refractivity contribution < 1.29 is 44.2 Å². The van der Waals surface area contributed by atoms with Crippen molar-refractivity contribution >= 4 is 9.84 Å². The molecule has 210 valence electrons. The molecular weight excluding hydrogens is 536 g/mol. The normalized spacial score (nSPS) is 27.7. The molecule has 0 saturated carbocycles. The van der Waals surface area contributed by atoms with Gasteiger partial charge in [0.1, 0.15) is 0 Å². The zero-order valence-electron chi connectivity index (χ0n) is 20.8. The number of rotatable bonds is 5. The standard InChI is InChI=1S/C26H29F6NO4S/c1-16(18-12-19(25(27,28)29)14-20(13-18)26(30,31)32)37-24-23(17-6-4-3-5-7-17)21(8-10-36-24)22-15-38(34,35)11-9-33(22)2/h3-7,12-14,16,21-24H,8-11,15H2,1-2H3/t16-,21+,22?,23+,24-/m1/s1. The van der Waals surface area contributed by atoms with Crippen LogP contribution in [0, 0.1) is 5.92 Å². The van der Waals surface area contributed by atoms with Crippen molar-refractivity contribution in [2.24, 2.45) is 5.92 Å². The number of sulfone groups is 1. The van der Waals surface area contributed by atoms with Crippen LogP contribution in [0.15, 0.2) is 48.5 Å². The molecule has 2 aromatic rings. The minimum atomic E-state index is -4.98. The fourth-order valence-electron chi connectivity index (χ4n) is 5.30. The van der Waals surface area contributed by atoms with Crippen LogP contribution in [0.5, 0.6) is 0 Å². The van der Waals surface area contributed by atoms with Crippen LogP contribution in [0.1, 0.15) is 47.6 Å². The maximum absolute atomic E-state index is 13.4. The summed E-state index contributed by atoms with van der Waals surface area (Å²) in [6.45, 7) is 1.94. The maximum atomic E-state index is 13.4. The molecule has 1 unspecified atom stereocenters. The Labute approximate surface area is 217 Å². The van der Waals surface area contributed by atoms with Crippen LogP contribution in [0.25, 0.3) is 0 Å². The van der Waals surface area contributed by atoms with Crippen LogP contribution in [-0.4, -0.2) is 57.4 Å². The number of nitrogens with zero attached hydrogens (tertiary/aromatic N) is 1. The Hall–Kier alpha value is -2.15. The van der Waals surface area contributed by atoms with Gasteiger partial charge in [0.15, 0.2) is 16.1 Å². The predicted molar refractivity (Wildman–Crippen MR) is 128 cm³/mol. The third kappa shape index (κ3) is 6.52. The van der Waals surface area contributed by atoms with E-state index in [9.17, 15) is 34.8 Å². The molecule has 0 aromatic heterocycles.